The fourth-order valence-electron chi connectivity index (χ4n) is 2.65. The van der Waals surface area contributed by atoms with Gasteiger partial charge in [-0.2, -0.15) is 0 Å². The molecule has 0 spiro atoms. The summed E-state index contributed by atoms with van der Waals surface area (Å²) in [7, 11) is 0. The van der Waals surface area contributed by atoms with Crippen molar-refractivity contribution in [1.82, 2.24) is 5.32 Å². The van der Waals surface area contributed by atoms with Gasteiger partial charge in [0.2, 0.25) is 0 Å². The minimum Gasteiger partial charge on any atom is -0.390 e. The first-order chi connectivity index (χ1) is 13.5. The summed E-state index contributed by atoms with van der Waals surface area (Å²) in [5, 5.41) is 13.3. The van der Waals surface area contributed by atoms with Crippen molar-refractivity contribution in [2.75, 3.05) is 19.6 Å². The number of nitrogens with two attached hydrogens (primary N) is 1. The van der Waals surface area contributed by atoms with Gasteiger partial charge in [0.1, 0.15) is 5.82 Å². The van der Waals surface area contributed by atoms with Gasteiger partial charge in [-0.15, -0.1) is 0 Å². The molecule has 4 N–H and O–H groups in total. The van der Waals surface area contributed by atoms with Gasteiger partial charge in [-0.1, -0.05) is 31.9 Å². The highest BCUT2D eigenvalue weighted by atomic mass is 35.5. The number of rotatable bonds is 11. The van der Waals surface area contributed by atoms with Crippen LogP contribution in [0.2, 0.25) is 5.02 Å². The highest BCUT2D eigenvalue weighted by Gasteiger charge is 2.23. The van der Waals surface area contributed by atoms with Crippen molar-refractivity contribution >= 4 is 23.2 Å². The van der Waals surface area contributed by atoms with E-state index in [1.807, 2.05) is 20.8 Å². The van der Waals surface area contributed by atoms with Crippen molar-refractivity contribution in [2.45, 2.75) is 53.1 Å². The summed E-state index contributed by atoms with van der Waals surface area (Å²) < 4.78 is 13.6. The third-order valence-corrected chi connectivity index (χ3v) is 5.22. The molecule has 0 aliphatic rings. The molecule has 1 amide bonds. The highest BCUT2D eigenvalue weighted by Crippen LogP contribution is 2.21. The number of hydrogen-bond acceptors (Lipinski definition) is 4. The van der Waals surface area contributed by atoms with Crippen LogP contribution in [0.5, 0.6) is 0 Å². The van der Waals surface area contributed by atoms with Gasteiger partial charge in [0.05, 0.1) is 21.9 Å². The van der Waals surface area contributed by atoms with E-state index in [9.17, 15) is 14.3 Å². The number of hydrogen-bond donors (Lipinski definition) is 3. The van der Waals surface area contributed by atoms with Gasteiger partial charge in [0.15, 0.2) is 0 Å². The fraction of sp³-hybridized carbons (Fsp3) is 0.545. The standard InChI is InChI=1S/C22H33ClFN3O2/c1-6-7-10-27-20(16-8-9-18(24)17(23)11-16)19(21(25)28)14(2)12-26-13-15(3)22(4,5)29/h8-9,11,15,26,29H,6-7,10,12-13H2,1-5H3,(H2,25,28). The van der Waals surface area contributed by atoms with Crippen molar-refractivity contribution in [3.8, 4) is 0 Å². The number of nitrogens with one attached hydrogen (secondary N) is 1. The molecule has 1 atom stereocenters. The first-order valence-corrected chi connectivity index (χ1v) is 10.3. The number of carbonyl (C=O) groups is 1. The van der Waals surface area contributed by atoms with E-state index in [0.717, 1.165) is 18.4 Å². The lowest BCUT2D eigenvalue weighted by Gasteiger charge is -2.26. The molecule has 29 heavy (non-hydrogen) atoms. The normalized spacial score (nSPS) is 14.6. The molecule has 0 aromatic heterocycles. The van der Waals surface area contributed by atoms with Crippen molar-refractivity contribution in [3.63, 3.8) is 0 Å². The number of primary amides is 1. The molecule has 1 rings (SSSR count). The van der Waals surface area contributed by atoms with Crippen molar-refractivity contribution < 1.29 is 14.3 Å². The van der Waals surface area contributed by atoms with Gasteiger partial charge in [-0.3, -0.25) is 9.79 Å². The van der Waals surface area contributed by atoms with Gasteiger partial charge < -0.3 is 16.2 Å². The lowest BCUT2D eigenvalue weighted by Crippen LogP contribution is -2.37. The van der Waals surface area contributed by atoms with Crippen molar-refractivity contribution in [2.24, 2.45) is 16.6 Å². The zero-order chi connectivity index (χ0) is 22.2. The molecule has 0 aliphatic heterocycles. The maximum atomic E-state index is 13.6. The second kappa shape index (κ2) is 11.4. The molecule has 162 valence electrons. The Kier molecular flexibility index (Phi) is 9.96. The van der Waals surface area contributed by atoms with Crippen LogP contribution in [0, 0.1) is 11.7 Å². The summed E-state index contributed by atoms with van der Waals surface area (Å²) in [6.07, 6.45) is 1.80. The number of nitrogens with zero attached hydrogens (tertiary/aromatic N) is 1. The Balaban J connectivity index is 3.24. The largest absolute Gasteiger partial charge is 0.390 e. The first-order valence-electron chi connectivity index (χ1n) is 9.91. The summed E-state index contributed by atoms with van der Waals surface area (Å²) in [6, 6.07) is 4.26. The van der Waals surface area contributed by atoms with Crippen molar-refractivity contribution in [3.05, 3.63) is 45.7 Å². The van der Waals surface area contributed by atoms with E-state index < -0.39 is 17.3 Å². The van der Waals surface area contributed by atoms with Gasteiger partial charge in [0.25, 0.3) is 5.91 Å². The maximum absolute atomic E-state index is 13.6. The molecule has 0 heterocycles. The predicted octanol–water partition coefficient (Wildman–Crippen LogP) is 3.87. The summed E-state index contributed by atoms with van der Waals surface area (Å²) in [5.74, 6) is -1.12. The van der Waals surface area contributed by atoms with Crippen LogP contribution in [0.3, 0.4) is 0 Å². The quantitative estimate of drug-likeness (QED) is 0.285. The maximum Gasteiger partial charge on any atom is 0.250 e. The molecule has 0 aliphatic carbocycles. The number of aliphatic imine (C=N–C) groups is 1. The summed E-state index contributed by atoms with van der Waals surface area (Å²) in [5.41, 5.74) is 6.87. The molecule has 0 radical (unpaired) electrons. The minimum absolute atomic E-state index is 0.0147. The van der Waals surface area contributed by atoms with Crippen LogP contribution < -0.4 is 11.1 Å². The molecule has 1 aromatic carbocycles. The van der Waals surface area contributed by atoms with E-state index in [1.54, 1.807) is 19.9 Å². The fourth-order valence-corrected chi connectivity index (χ4v) is 2.83. The molecule has 1 unspecified atom stereocenters. The number of carbonyl (C=O) groups excluding carboxylic acids is 1. The first kappa shape index (κ1) is 25.3. The van der Waals surface area contributed by atoms with Crippen LogP contribution in [-0.4, -0.2) is 42.0 Å². The monoisotopic (exact) mass is 425 g/mol. The molecule has 7 heteroatoms. The molecule has 1 aromatic rings. The molecular weight excluding hydrogens is 393 g/mol. The van der Waals surface area contributed by atoms with E-state index in [0.29, 0.717) is 36.5 Å². The Morgan fingerprint density at radius 3 is 2.59 bits per heavy atom. The van der Waals surface area contributed by atoms with Crippen LogP contribution in [0.4, 0.5) is 4.39 Å². The Labute approximate surface area is 178 Å². The van der Waals surface area contributed by atoms with Gasteiger partial charge in [-0.05, 0) is 56.9 Å². The zero-order valence-corrected chi connectivity index (χ0v) is 18.7. The van der Waals surface area contributed by atoms with Crippen LogP contribution >= 0.6 is 11.6 Å². The molecule has 0 bridgehead atoms. The second-order valence-corrected chi connectivity index (χ2v) is 8.33. The predicted molar refractivity (Wildman–Crippen MR) is 118 cm³/mol. The van der Waals surface area contributed by atoms with Crippen LogP contribution in [0.1, 0.15) is 53.0 Å². The van der Waals surface area contributed by atoms with E-state index in [2.05, 4.69) is 10.3 Å². The van der Waals surface area contributed by atoms with Gasteiger partial charge >= 0.3 is 0 Å². The Bertz CT molecular complexity index is 770. The van der Waals surface area contributed by atoms with Crippen molar-refractivity contribution in [1.29, 1.82) is 0 Å². The van der Waals surface area contributed by atoms with E-state index in [1.165, 1.54) is 12.1 Å². The average Bonchev–Trinajstić information content (AvgIpc) is 2.62. The number of halogens is 2. The third-order valence-electron chi connectivity index (χ3n) is 4.93. The third kappa shape index (κ3) is 7.88. The average molecular weight is 426 g/mol. The molecule has 5 nitrogen and oxygen atoms in total. The zero-order valence-electron chi connectivity index (χ0n) is 18.0. The SMILES string of the molecule is CCCCN=C(C(C(N)=O)=C(C)CNCC(C)C(C)(C)O)c1ccc(F)c(Cl)c1. The summed E-state index contributed by atoms with van der Waals surface area (Å²) in [4.78, 5) is 16.9. The van der Waals surface area contributed by atoms with Crippen LogP contribution in [0.25, 0.3) is 0 Å². The lowest BCUT2D eigenvalue weighted by molar-refractivity contribution is -0.114. The Morgan fingerprint density at radius 2 is 2.07 bits per heavy atom. The minimum atomic E-state index is -0.811. The van der Waals surface area contributed by atoms with E-state index in [-0.39, 0.29) is 10.9 Å². The molecule has 0 saturated carbocycles. The van der Waals surface area contributed by atoms with Crippen LogP contribution in [-0.2, 0) is 4.79 Å². The number of benzene rings is 1. The molecule has 0 fully saturated rings. The topological polar surface area (TPSA) is 87.7 Å². The Morgan fingerprint density at radius 1 is 1.41 bits per heavy atom. The van der Waals surface area contributed by atoms with E-state index >= 15 is 0 Å². The second-order valence-electron chi connectivity index (χ2n) is 7.92. The smallest absolute Gasteiger partial charge is 0.250 e. The summed E-state index contributed by atoms with van der Waals surface area (Å²) in [6.45, 7) is 10.8. The number of aliphatic hydroxyl groups is 1. The lowest BCUT2D eigenvalue weighted by atomic mass is 9.92. The van der Waals surface area contributed by atoms with Crippen LogP contribution in [0.15, 0.2) is 34.3 Å². The highest BCUT2D eigenvalue weighted by molar-refractivity contribution is 6.32. The Hall–Kier alpha value is -1.76. The number of unbranched alkanes of at least 4 members (excludes halogenated alkanes) is 1. The molecule has 0 saturated heterocycles. The number of amides is 1. The van der Waals surface area contributed by atoms with Gasteiger partial charge in [-0.25, -0.2) is 4.39 Å². The van der Waals surface area contributed by atoms with E-state index in [4.69, 9.17) is 17.3 Å². The van der Waals surface area contributed by atoms with Gasteiger partial charge in [0, 0.05) is 25.2 Å². The summed E-state index contributed by atoms with van der Waals surface area (Å²) >= 11 is 5.95. The molecular formula is C22H33ClFN3O2.